The highest BCUT2D eigenvalue weighted by Gasteiger charge is 2.29. The number of pyridine rings is 1. The van der Waals surface area contributed by atoms with Gasteiger partial charge in [-0.05, 0) is 28.4 Å². The number of halogens is 1. The molecule has 0 amide bonds. The average molecular weight is 380 g/mol. The summed E-state index contributed by atoms with van der Waals surface area (Å²) in [4.78, 5) is 4.46. The van der Waals surface area contributed by atoms with E-state index in [1.54, 1.807) is 28.3 Å². The number of hydrogen-bond acceptors (Lipinski definition) is 5. The number of nitrogens with one attached hydrogen (secondary N) is 1. The molecule has 112 valence electrons. The average Bonchev–Trinajstić information content (AvgIpc) is 2.47. The summed E-state index contributed by atoms with van der Waals surface area (Å²) < 4.78 is 27.7. The van der Waals surface area contributed by atoms with Crippen LogP contribution >= 0.6 is 27.7 Å². The molecule has 0 atom stereocenters. The topological polar surface area (TPSA) is 62.3 Å². The van der Waals surface area contributed by atoms with Gasteiger partial charge in [-0.25, -0.2) is 13.4 Å². The maximum absolute atomic E-state index is 12.7. The quantitative estimate of drug-likeness (QED) is 0.850. The van der Waals surface area contributed by atoms with E-state index in [0.29, 0.717) is 29.9 Å². The number of anilines is 1. The van der Waals surface area contributed by atoms with Gasteiger partial charge in [-0.1, -0.05) is 6.92 Å². The highest BCUT2D eigenvalue weighted by atomic mass is 79.9. The Kier molecular flexibility index (Phi) is 5.71. The van der Waals surface area contributed by atoms with Crippen LogP contribution < -0.4 is 5.32 Å². The Labute approximate surface area is 132 Å². The summed E-state index contributed by atoms with van der Waals surface area (Å²) in [5, 5.41) is 3.09. The van der Waals surface area contributed by atoms with Crippen molar-refractivity contribution in [1.29, 1.82) is 0 Å². The molecule has 0 bridgehead atoms. The lowest BCUT2D eigenvalue weighted by Crippen LogP contribution is -2.38. The van der Waals surface area contributed by atoms with Crippen LogP contribution in [0.15, 0.2) is 21.6 Å². The van der Waals surface area contributed by atoms with Gasteiger partial charge in [0, 0.05) is 41.8 Å². The number of aromatic nitrogens is 1. The van der Waals surface area contributed by atoms with Crippen LogP contribution in [-0.2, 0) is 10.0 Å². The Morgan fingerprint density at radius 1 is 1.45 bits per heavy atom. The molecule has 5 nitrogen and oxygen atoms in total. The fraction of sp³-hybridized carbons (Fsp3) is 0.583. The van der Waals surface area contributed by atoms with Crippen molar-refractivity contribution in [3.63, 3.8) is 0 Å². The van der Waals surface area contributed by atoms with Crippen molar-refractivity contribution >= 4 is 43.5 Å². The summed E-state index contributed by atoms with van der Waals surface area (Å²) in [6.07, 6.45) is 2.53. The van der Waals surface area contributed by atoms with Crippen LogP contribution in [0.25, 0.3) is 0 Å². The second kappa shape index (κ2) is 7.11. The first-order chi connectivity index (χ1) is 9.55. The van der Waals surface area contributed by atoms with E-state index in [9.17, 15) is 8.42 Å². The number of hydrogen-bond donors (Lipinski definition) is 1. The molecule has 2 heterocycles. The van der Waals surface area contributed by atoms with E-state index in [-0.39, 0.29) is 4.90 Å². The Hall–Kier alpha value is -0.310. The van der Waals surface area contributed by atoms with Gasteiger partial charge in [-0.2, -0.15) is 16.1 Å². The monoisotopic (exact) mass is 379 g/mol. The molecule has 1 aliphatic heterocycles. The van der Waals surface area contributed by atoms with Crippen molar-refractivity contribution in [3.05, 3.63) is 16.7 Å². The van der Waals surface area contributed by atoms with Gasteiger partial charge in [0.25, 0.3) is 0 Å². The Balaban J connectivity index is 2.35. The van der Waals surface area contributed by atoms with Gasteiger partial charge < -0.3 is 5.32 Å². The lowest BCUT2D eigenvalue weighted by atomic mass is 10.4. The van der Waals surface area contributed by atoms with Crippen molar-refractivity contribution < 1.29 is 8.42 Å². The maximum Gasteiger partial charge on any atom is 0.246 e. The van der Waals surface area contributed by atoms with E-state index >= 15 is 0 Å². The first kappa shape index (κ1) is 16.1. The molecule has 0 spiro atoms. The first-order valence-electron chi connectivity index (χ1n) is 6.53. The zero-order valence-corrected chi connectivity index (χ0v) is 14.5. The molecular formula is C12H18BrN3O2S2. The van der Waals surface area contributed by atoms with E-state index in [1.807, 2.05) is 6.92 Å². The zero-order chi connectivity index (χ0) is 14.6. The van der Waals surface area contributed by atoms with Gasteiger partial charge >= 0.3 is 0 Å². The summed E-state index contributed by atoms with van der Waals surface area (Å²) in [6, 6.07) is 1.63. The highest BCUT2D eigenvalue weighted by Crippen LogP contribution is 2.27. The molecule has 1 saturated heterocycles. The molecule has 0 aliphatic carbocycles. The second-order valence-corrected chi connectivity index (χ2v) is 8.49. The van der Waals surface area contributed by atoms with Gasteiger partial charge in [-0.15, -0.1) is 0 Å². The summed E-state index contributed by atoms with van der Waals surface area (Å²) in [5.41, 5.74) is 0. The lowest BCUT2D eigenvalue weighted by molar-refractivity contribution is 0.443. The molecule has 1 aromatic rings. The minimum atomic E-state index is -3.48. The standard InChI is InChI=1S/C12H18BrN3O2S2/c1-2-3-14-12-11(8-10(13)9-15-12)20(17,18)16-4-6-19-7-5-16/h8-9H,2-7H2,1H3,(H,14,15). The second-order valence-electron chi connectivity index (χ2n) is 4.44. The summed E-state index contributed by atoms with van der Waals surface area (Å²) >= 11 is 5.09. The third-order valence-electron chi connectivity index (χ3n) is 2.95. The molecule has 0 unspecified atom stereocenters. The van der Waals surface area contributed by atoms with Gasteiger partial charge in [0.1, 0.15) is 10.7 Å². The van der Waals surface area contributed by atoms with Gasteiger partial charge in [-0.3, -0.25) is 0 Å². The van der Waals surface area contributed by atoms with Crippen LogP contribution in [0.5, 0.6) is 0 Å². The Morgan fingerprint density at radius 2 is 2.15 bits per heavy atom. The smallest absolute Gasteiger partial charge is 0.246 e. The summed E-state index contributed by atoms with van der Waals surface area (Å²) in [5.74, 6) is 2.13. The molecule has 0 saturated carbocycles. The van der Waals surface area contributed by atoms with Crippen LogP contribution in [0.3, 0.4) is 0 Å². The fourth-order valence-corrected chi connectivity index (χ4v) is 5.12. The molecule has 1 N–H and O–H groups in total. The van der Waals surface area contributed by atoms with Crippen molar-refractivity contribution in [3.8, 4) is 0 Å². The predicted molar refractivity (Wildman–Crippen MR) is 86.8 cm³/mol. The molecular weight excluding hydrogens is 362 g/mol. The third kappa shape index (κ3) is 3.66. The maximum atomic E-state index is 12.7. The molecule has 2 rings (SSSR count). The van der Waals surface area contributed by atoms with Gasteiger partial charge in [0.2, 0.25) is 10.0 Å². The zero-order valence-electron chi connectivity index (χ0n) is 11.3. The largest absolute Gasteiger partial charge is 0.369 e. The van der Waals surface area contributed by atoms with Gasteiger partial charge in [0.05, 0.1) is 0 Å². The van der Waals surface area contributed by atoms with Crippen LogP contribution in [0.2, 0.25) is 0 Å². The minimum Gasteiger partial charge on any atom is -0.369 e. The van der Waals surface area contributed by atoms with Crippen LogP contribution in [-0.4, -0.2) is 48.8 Å². The minimum absolute atomic E-state index is 0.257. The summed E-state index contributed by atoms with van der Waals surface area (Å²) in [6.45, 7) is 3.86. The molecule has 20 heavy (non-hydrogen) atoms. The van der Waals surface area contributed by atoms with Crippen LogP contribution in [0, 0.1) is 0 Å². The van der Waals surface area contributed by atoms with Crippen molar-refractivity contribution in [1.82, 2.24) is 9.29 Å². The Morgan fingerprint density at radius 3 is 2.80 bits per heavy atom. The number of sulfonamides is 1. The molecule has 1 aromatic heterocycles. The van der Waals surface area contributed by atoms with E-state index in [0.717, 1.165) is 17.9 Å². The SMILES string of the molecule is CCCNc1ncc(Br)cc1S(=O)(=O)N1CCSCC1. The van der Waals surface area contributed by atoms with Crippen molar-refractivity contribution in [2.24, 2.45) is 0 Å². The van der Waals surface area contributed by atoms with E-state index < -0.39 is 10.0 Å². The van der Waals surface area contributed by atoms with E-state index in [1.165, 1.54) is 0 Å². The Bertz CT molecular complexity index is 560. The molecule has 0 radical (unpaired) electrons. The summed E-state index contributed by atoms with van der Waals surface area (Å²) in [7, 11) is -3.48. The molecule has 8 heteroatoms. The molecule has 1 fully saturated rings. The molecule has 0 aromatic carbocycles. The van der Waals surface area contributed by atoms with Crippen LogP contribution in [0.1, 0.15) is 13.3 Å². The van der Waals surface area contributed by atoms with E-state index in [4.69, 9.17) is 0 Å². The highest BCUT2D eigenvalue weighted by molar-refractivity contribution is 9.10. The van der Waals surface area contributed by atoms with E-state index in [2.05, 4.69) is 26.2 Å². The number of thioether (sulfide) groups is 1. The predicted octanol–water partition coefficient (Wildman–Crippen LogP) is 2.40. The first-order valence-corrected chi connectivity index (χ1v) is 9.92. The van der Waals surface area contributed by atoms with Crippen molar-refractivity contribution in [2.45, 2.75) is 18.2 Å². The fourth-order valence-electron chi connectivity index (χ4n) is 1.92. The number of nitrogens with zero attached hydrogens (tertiary/aromatic N) is 2. The molecule has 1 aliphatic rings. The lowest BCUT2D eigenvalue weighted by Gasteiger charge is -2.26. The van der Waals surface area contributed by atoms with Crippen LogP contribution in [0.4, 0.5) is 5.82 Å². The normalized spacial score (nSPS) is 17.1. The third-order valence-corrected chi connectivity index (χ3v) is 6.24. The van der Waals surface area contributed by atoms with Crippen molar-refractivity contribution in [2.75, 3.05) is 36.5 Å². The van der Waals surface area contributed by atoms with Gasteiger partial charge in [0.15, 0.2) is 0 Å². The number of rotatable bonds is 5.